The predicted octanol–water partition coefficient (Wildman–Crippen LogP) is 1.29. The Morgan fingerprint density at radius 1 is 1.32 bits per heavy atom. The fourth-order valence-corrected chi connectivity index (χ4v) is 1.91. The van der Waals surface area contributed by atoms with Gasteiger partial charge in [0, 0.05) is 0 Å². The van der Waals surface area contributed by atoms with Gasteiger partial charge < -0.3 is 15.8 Å². The Kier molecular flexibility index (Phi) is 6.22. The minimum absolute atomic E-state index is 0.262. The monoisotopic (exact) mass is 262 g/mol. The van der Waals surface area contributed by atoms with Crippen LogP contribution in [0.1, 0.15) is 25.8 Å². The molecule has 104 valence electrons. The first-order valence-corrected chi connectivity index (χ1v) is 6.58. The van der Waals surface area contributed by atoms with E-state index in [2.05, 4.69) is 5.32 Å². The van der Waals surface area contributed by atoms with E-state index in [0.29, 0.717) is 18.8 Å². The Morgan fingerprint density at radius 3 is 2.47 bits per heavy atom. The van der Waals surface area contributed by atoms with Gasteiger partial charge in [-0.15, -0.1) is 0 Å². The first-order valence-electron chi connectivity index (χ1n) is 6.58. The van der Waals surface area contributed by atoms with Gasteiger partial charge >= 0.3 is 0 Å². The second-order valence-electron chi connectivity index (χ2n) is 5.18. The van der Waals surface area contributed by atoms with Gasteiger partial charge in [0.15, 0.2) is 0 Å². The predicted molar refractivity (Wildman–Crippen MR) is 75.6 cm³/mol. The molecular weight excluding hydrogens is 240 g/mol. The van der Waals surface area contributed by atoms with Crippen LogP contribution in [0.3, 0.4) is 0 Å². The SMILES string of the molecule is CC(C)CC(N)C(=O)NC(C=O)Cc1ccccc1. The zero-order valence-electron chi connectivity index (χ0n) is 11.5. The van der Waals surface area contributed by atoms with Crippen molar-refractivity contribution in [3.8, 4) is 0 Å². The van der Waals surface area contributed by atoms with Gasteiger partial charge in [-0.25, -0.2) is 0 Å². The standard InChI is InChI=1S/C15H22N2O2/c1-11(2)8-14(16)15(19)17-13(10-18)9-12-6-4-3-5-7-12/h3-7,10-11,13-14H,8-9,16H2,1-2H3,(H,17,19). The molecule has 0 aliphatic heterocycles. The highest BCUT2D eigenvalue weighted by atomic mass is 16.2. The highest BCUT2D eigenvalue weighted by Gasteiger charge is 2.18. The quantitative estimate of drug-likeness (QED) is 0.727. The van der Waals surface area contributed by atoms with Crippen LogP contribution in [0.4, 0.5) is 0 Å². The number of nitrogens with two attached hydrogens (primary N) is 1. The maximum absolute atomic E-state index is 11.8. The number of aldehydes is 1. The summed E-state index contributed by atoms with van der Waals surface area (Å²) in [6.45, 7) is 4.02. The minimum atomic E-state index is -0.557. The van der Waals surface area contributed by atoms with E-state index in [4.69, 9.17) is 5.73 Å². The molecule has 0 fully saturated rings. The van der Waals surface area contributed by atoms with E-state index in [9.17, 15) is 9.59 Å². The van der Waals surface area contributed by atoms with Crippen molar-refractivity contribution in [2.45, 2.75) is 38.8 Å². The van der Waals surface area contributed by atoms with E-state index in [-0.39, 0.29) is 5.91 Å². The molecule has 0 aliphatic carbocycles. The van der Waals surface area contributed by atoms with Gasteiger partial charge in [-0.1, -0.05) is 44.2 Å². The maximum Gasteiger partial charge on any atom is 0.237 e. The topological polar surface area (TPSA) is 72.2 Å². The molecule has 0 spiro atoms. The number of amides is 1. The van der Waals surface area contributed by atoms with Gasteiger partial charge in [0.2, 0.25) is 5.91 Å². The van der Waals surface area contributed by atoms with Crippen LogP contribution >= 0.6 is 0 Å². The second kappa shape index (κ2) is 7.69. The highest BCUT2D eigenvalue weighted by Crippen LogP contribution is 2.05. The molecule has 0 saturated carbocycles. The molecule has 2 unspecified atom stereocenters. The molecule has 1 rings (SSSR count). The van der Waals surface area contributed by atoms with Crippen molar-refractivity contribution in [1.29, 1.82) is 0 Å². The molecular formula is C15H22N2O2. The molecule has 19 heavy (non-hydrogen) atoms. The van der Waals surface area contributed by atoms with Crippen LogP contribution in [0.2, 0.25) is 0 Å². The number of carbonyl (C=O) groups excluding carboxylic acids is 2. The number of carbonyl (C=O) groups is 2. The first kappa shape index (κ1) is 15.4. The largest absolute Gasteiger partial charge is 0.345 e. The molecule has 0 aromatic heterocycles. The number of hydrogen-bond acceptors (Lipinski definition) is 3. The summed E-state index contributed by atoms with van der Waals surface area (Å²) in [5.74, 6) is 0.0892. The lowest BCUT2D eigenvalue weighted by Gasteiger charge is -2.18. The Hall–Kier alpha value is -1.68. The average Bonchev–Trinajstić information content (AvgIpc) is 2.38. The lowest BCUT2D eigenvalue weighted by molar-refractivity contribution is -0.125. The minimum Gasteiger partial charge on any atom is -0.345 e. The van der Waals surface area contributed by atoms with E-state index in [1.165, 1.54) is 0 Å². The van der Waals surface area contributed by atoms with Crippen LogP contribution in [0.25, 0.3) is 0 Å². The number of benzene rings is 1. The number of rotatable bonds is 7. The lowest BCUT2D eigenvalue weighted by atomic mass is 10.0. The van der Waals surface area contributed by atoms with Crippen LogP contribution < -0.4 is 11.1 Å². The van der Waals surface area contributed by atoms with Crippen LogP contribution in [-0.4, -0.2) is 24.3 Å². The van der Waals surface area contributed by atoms with E-state index < -0.39 is 12.1 Å². The summed E-state index contributed by atoms with van der Waals surface area (Å²) in [5.41, 5.74) is 6.80. The molecule has 0 saturated heterocycles. The summed E-state index contributed by atoms with van der Waals surface area (Å²) in [6.07, 6.45) is 1.86. The fraction of sp³-hybridized carbons (Fsp3) is 0.467. The summed E-state index contributed by atoms with van der Waals surface area (Å²) >= 11 is 0. The Bertz CT molecular complexity index is 404. The Labute approximate surface area is 114 Å². The van der Waals surface area contributed by atoms with E-state index in [1.54, 1.807) is 0 Å². The van der Waals surface area contributed by atoms with Crippen molar-refractivity contribution >= 4 is 12.2 Å². The van der Waals surface area contributed by atoms with Gasteiger partial charge in [-0.05, 0) is 24.3 Å². The van der Waals surface area contributed by atoms with Crippen molar-refractivity contribution in [1.82, 2.24) is 5.32 Å². The van der Waals surface area contributed by atoms with Crippen LogP contribution in [0, 0.1) is 5.92 Å². The third-order valence-corrected chi connectivity index (χ3v) is 2.85. The molecule has 4 heteroatoms. The summed E-state index contributed by atoms with van der Waals surface area (Å²) in [5, 5.41) is 2.69. The van der Waals surface area contributed by atoms with Gasteiger partial charge in [-0.3, -0.25) is 4.79 Å². The van der Waals surface area contributed by atoms with Gasteiger partial charge in [0.25, 0.3) is 0 Å². The lowest BCUT2D eigenvalue weighted by Crippen LogP contribution is -2.47. The zero-order chi connectivity index (χ0) is 14.3. The fourth-order valence-electron chi connectivity index (χ4n) is 1.91. The molecule has 2 atom stereocenters. The van der Waals surface area contributed by atoms with Gasteiger partial charge in [-0.2, -0.15) is 0 Å². The van der Waals surface area contributed by atoms with E-state index in [0.717, 1.165) is 11.8 Å². The van der Waals surface area contributed by atoms with Crippen molar-refractivity contribution in [3.63, 3.8) is 0 Å². The van der Waals surface area contributed by atoms with E-state index in [1.807, 2.05) is 44.2 Å². The summed E-state index contributed by atoms with van der Waals surface area (Å²) < 4.78 is 0. The third-order valence-electron chi connectivity index (χ3n) is 2.85. The molecule has 0 aliphatic rings. The molecule has 0 radical (unpaired) electrons. The molecule has 1 aromatic rings. The molecule has 1 amide bonds. The summed E-state index contributed by atoms with van der Waals surface area (Å²) in [7, 11) is 0. The molecule has 0 bridgehead atoms. The van der Waals surface area contributed by atoms with Gasteiger partial charge in [0.05, 0.1) is 12.1 Å². The molecule has 0 heterocycles. The van der Waals surface area contributed by atoms with E-state index >= 15 is 0 Å². The third kappa shape index (κ3) is 5.66. The Morgan fingerprint density at radius 2 is 1.95 bits per heavy atom. The maximum atomic E-state index is 11.8. The second-order valence-corrected chi connectivity index (χ2v) is 5.18. The van der Waals surface area contributed by atoms with Crippen LogP contribution in [0.5, 0.6) is 0 Å². The van der Waals surface area contributed by atoms with Crippen molar-refractivity contribution < 1.29 is 9.59 Å². The average molecular weight is 262 g/mol. The zero-order valence-corrected chi connectivity index (χ0v) is 11.5. The smallest absolute Gasteiger partial charge is 0.237 e. The highest BCUT2D eigenvalue weighted by molar-refractivity contribution is 5.84. The number of nitrogens with one attached hydrogen (secondary N) is 1. The molecule has 1 aromatic carbocycles. The summed E-state index contributed by atoms with van der Waals surface area (Å²) in [4.78, 5) is 22.9. The molecule has 4 nitrogen and oxygen atoms in total. The first-order chi connectivity index (χ1) is 9.02. The normalized spacial score (nSPS) is 13.9. The number of hydrogen-bond donors (Lipinski definition) is 2. The van der Waals surface area contributed by atoms with Crippen LogP contribution in [-0.2, 0) is 16.0 Å². The van der Waals surface area contributed by atoms with Crippen LogP contribution in [0.15, 0.2) is 30.3 Å². The van der Waals surface area contributed by atoms with Gasteiger partial charge in [0.1, 0.15) is 6.29 Å². The van der Waals surface area contributed by atoms with Crippen molar-refractivity contribution in [3.05, 3.63) is 35.9 Å². The Balaban J connectivity index is 2.52. The van der Waals surface area contributed by atoms with Crippen molar-refractivity contribution in [2.75, 3.05) is 0 Å². The summed E-state index contributed by atoms with van der Waals surface area (Å²) in [6, 6.07) is 8.50. The van der Waals surface area contributed by atoms with Crippen molar-refractivity contribution in [2.24, 2.45) is 11.7 Å². The molecule has 3 N–H and O–H groups in total.